The number of unbranched alkanes of at least 4 members (excludes halogenated alkanes) is 5. The Morgan fingerprint density at radius 2 is 1.67 bits per heavy atom. The Labute approximate surface area is 85.9 Å². The van der Waals surface area contributed by atoms with E-state index in [1.807, 2.05) is 0 Å². The van der Waals surface area contributed by atoms with Gasteiger partial charge in [-0.1, -0.05) is 62.2 Å². The average Bonchev–Trinajstić information content (AvgIpc) is 2.10. The number of allylic oxidation sites excluding steroid dienone is 1. The molecule has 0 nitrogen and oxygen atoms in total. The Morgan fingerprint density at radius 1 is 1.08 bits per heavy atom. The molecule has 0 aliphatic heterocycles. The molecular formula is C10H18Cl2. The van der Waals surface area contributed by atoms with Crippen LogP contribution in [0.5, 0.6) is 0 Å². The van der Waals surface area contributed by atoms with Crippen molar-refractivity contribution in [3.63, 3.8) is 0 Å². The van der Waals surface area contributed by atoms with E-state index < -0.39 is 0 Å². The van der Waals surface area contributed by atoms with Crippen LogP contribution in [-0.4, -0.2) is 0 Å². The number of hydrogen-bond acceptors (Lipinski definition) is 0. The summed E-state index contributed by atoms with van der Waals surface area (Å²) in [6.07, 6.45) is 8.75. The maximum Gasteiger partial charge on any atom is 0.0293 e. The highest BCUT2D eigenvalue weighted by molar-refractivity contribution is 6.36. The lowest BCUT2D eigenvalue weighted by Gasteiger charge is -1.99. The second-order valence-corrected chi connectivity index (χ2v) is 3.78. The lowest BCUT2D eigenvalue weighted by Crippen LogP contribution is -1.79. The van der Waals surface area contributed by atoms with Crippen molar-refractivity contribution in [2.45, 2.75) is 51.9 Å². The molecule has 0 aromatic heterocycles. The van der Waals surface area contributed by atoms with Crippen molar-refractivity contribution in [1.82, 2.24) is 0 Å². The molecule has 0 aliphatic rings. The summed E-state index contributed by atoms with van der Waals surface area (Å²) < 4.78 is 0. The standard InChI is InChI=1S/C10H18Cl2/c1-2-3-4-5-6-7-8-10(12)9-11/h9H,2-8H2,1H3. The largest absolute Gasteiger partial charge is 0.0917 e. The summed E-state index contributed by atoms with van der Waals surface area (Å²) in [7, 11) is 0. The van der Waals surface area contributed by atoms with Gasteiger partial charge in [-0.15, -0.1) is 0 Å². The molecule has 12 heavy (non-hydrogen) atoms. The number of hydrogen-bond donors (Lipinski definition) is 0. The monoisotopic (exact) mass is 208 g/mol. The molecule has 0 spiro atoms. The first-order valence-electron chi connectivity index (χ1n) is 4.76. The highest BCUT2D eigenvalue weighted by Gasteiger charge is 1.92. The van der Waals surface area contributed by atoms with Gasteiger partial charge < -0.3 is 0 Å². The van der Waals surface area contributed by atoms with E-state index in [2.05, 4.69) is 6.92 Å². The molecular weight excluding hydrogens is 191 g/mol. The summed E-state index contributed by atoms with van der Waals surface area (Å²) in [5.74, 6) is 0. The molecule has 0 saturated heterocycles. The molecule has 0 heterocycles. The predicted octanol–water partition coefficient (Wildman–Crippen LogP) is 5.06. The lowest BCUT2D eigenvalue weighted by atomic mass is 10.1. The average molecular weight is 209 g/mol. The van der Waals surface area contributed by atoms with Crippen LogP contribution in [0.1, 0.15) is 51.9 Å². The highest BCUT2D eigenvalue weighted by atomic mass is 35.5. The van der Waals surface area contributed by atoms with Crippen molar-refractivity contribution in [1.29, 1.82) is 0 Å². The molecule has 0 amide bonds. The zero-order valence-electron chi connectivity index (χ0n) is 7.78. The smallest absolute Gasteiger partial charge is 0.0293 e. The van der Waals surface area contributed by atoms with Gasteiger partial charge in [-0.2, -0.15) is 0 Å². The van der Waals surface area contributed by atoms with Crippen LogP contribution in [0, 0.1) is 0 Å². The maximum atomic E-state index is 5.73. The van der Waals surface area contributed by atoms with E-state index in [0.717, 1.165) is 11.5 Å². The lowest BCUT2D eigenvalue weighted by molar-refractivity contribution is 0.610. The zero-order chi connectivity index (χ0) is 9.23. The van der Waals surface area contributed by atoms with E-state index in [0.29, 0.717) is 0 Å². The minimum Gasteiger partial charge on any atom is -0.0917 e. The van der Waals surface area contributed by atoms with Gasteiger partial charge >= 0.3 is 0 Å². The van der Waals surface area contributed by atoms with E-state index in [4.69, 9.17) is 23.2 Å². The minimum atomic E-state index is 0.784. The Kier molecular flexibility index (Phi) is 9.66. The first-order chi connectivity index (χ1) is 5.81. The Balaban J connectivity index is 3.00. The first-order valence-corrected chi connectivity index (χ1v) is 5.57. The van der Waals surface area contributed by atoms with E-state index in [-0.39, 0.29) is 0 Å². The molecule has 72 valence electrons. The second-order valence-electron chi connectivity index (χ2n) is 3.07. The first kappa shape index (κ1) is 12.3. The molecule has 0 fully saturated rings. The SMILES string of the molecule is CCCCCCCCC(Cl)=CCl. The molecule has 0 N–H and O–H groups in total. The van der Waals surface area contributed by atoms with E-state index in [9.17, 15) is 0 Å². The van der Waals surface area contributed by atoms with Gasteiger partial charge in [0.1, 0.15) is 0 Å². The van der Waals surface area contributed by atoms with Crippen LogP contribution < -0.4 is 0 Å². The van der Waals surface area contributed by atoms with Crippen LogP contribution in [-0.2, 0) is 0 Å². The van der Waals surface area contributed by atoms with Gasteiger partial charge in [0.15, 0.2) is 0 Å². The van der Waals surface area contributed by atoms with Gasteiger partial charge in [0.2, 0.25) is 0 Å². The van der Waals surface area contributed by atoms with Crippen LogP contribution >= 0.6 is 23.2 Å². The van der Waals surface area contributed by atoms with Gasteiger partial charge in [-0.25, -0.2) is 0 Å². The Bertz CT molecular complexity index is 119. The van der Waals surface area contributed by atoms with Gasteiger partial charge in [0, 0.05) is 10.6 Å². The normalized spacial score (nSPS) is 12.1. The molecule has 0 unspecified atom stereocenters. The van der Waals surface area contributed by atoms with Crippen LogP contribution in [0.15, 0.2) is 10.6 Å². The van der Waals surface area contributed by atoms with Crippen LogP contribution in [0.3, 0.4) is 0 Å². The molecule has 0 atom stereocenters. The topological polar surface area (TPSA) is 0 Å². The molecule has 0 bridgehead atoms. The van der Waals surface area contributed by atoms with Gasteiger partial charge in [-0.3, -0.25) is 0 Å². The van der Waals surface area contributed by atoms with Crippen molar-refractivity contribution >= 4 is 23.2 Å². The molecule has 0 aromatic rings. The van der Waals surface area contributed by atoms with Crippen LogP contribution in [0.2, 0.25) is 0 Å². The van der Waals surface area contributed by atoms with Crippen molar-refractivity contribution in [3.8, 4) is 0 Å². The Morgan fingerprint density at radius 3 is 2.25 bits per heavy atom. The highest BCUT2D eigenvalue weighted by Crippen LogP contribution is 2.14. The molecule has 0 radical (unpaired) electrons. The van der Waals surface area contributed by atoms with Gasteiger partial charge in [0.25, 0.3) is 0 Å². The Hall–Kier alpha value is 0.320. The molecule has 0 aliphatic carbocycles. The summed E-state index contributed by atoms with van der Waals surface area (Å²) in [5.41, 5.74) is 1.47. The fourth-order valence-corrected chi connectivity index (χ4v) is 1.37. The van der Waals surface area contributed by atoms with E-state index >= 15 is 0 Å². The summed E-state index contributed by atoms with van der Waals surface area (Å²) in [4.78, 5) is 0. The second kappa shape index (κ2) is 9.41. The maximum absolute atomic E-state index is 5.73. The summed E-state index contributed by atoms with van der Waals surface area (Å²) in [5, 5.41) is 0.784. The van der Waals surface area contributed by atoms with Crippen molar-refractivity contribution < 1.29 is 0 Å². The number of rotatable bonds is 7. The molecule has 2 heteroatoms. The van der Waals surface area contributed by atoms with Gasteiger partial charge in [0.05, 0.1) is 0 Å². The molecule has 0 aromatic carbocycles. The van der Waals surface area contributed by atoms with Crippen molar-refractivity contribution in [2.24, 2.45) is 0 Å². The van der Waals surface area contributed by atoms with E-state index in [1.54, 1.807) is 0 Å². The van der Waals surface area contributed by atoms with E-state index in [1.165, 1.54) is 44.1 Å². The third-order valence-electron chi connectivity index (χ3n) is 1.89. The van der Waals surface area contributed by atoms with Crippen molar-refractivity contribution in [3.05, 3.63) is 10.6 Å². The summed E-state index contributed by atoms with van der Waals surface area (Å²) >= 11 is 11.2. The number of halogens is 2. The summed E-state index contributed by atoms with van der Waals surface area (Å²) in [6, 6.07) is 0. The molecule has 0 saturated carbocycles. The fraction of sp³-hybridized carbons (Fsp3) is 0.800. The van der Waals surface area contributed by atoms with Crippen LogP contribution in [0.25, 0.3) is 0 Å². The third kappa shape index (κ3) is 8.42. The summed E-state index contributed by atoms with van der Waals surface area (Å²) in [6.45, 7) is 2.23. The quantitative estimate of drug-likeness (QED) is 0.514. The molecule has 0 rings (SSSR count). The van der Waals surface area contributed by atoms with Crippen molar-refractivity contribution in [2.75, 3.05) is 0 Å². The minimum absolute atomic E-state index is 0.784. The fourth-order valence-electron chi connectivity index (χ4n) is 1.13. The zero-order valence-corrected chi connectivity index (χ0v) is 9.29. The van der Waals surface area contributed by atoms with Gasteiger partial charge in [-0.05, 0) is 12.8 Å². The van der Waals surface area contributed by atoms with Crippen LogP contribution in [0.4, 0.5) is 0 Å². The third-order valence-corrected chi connectivity index (χ3v) is 2.56. The predicted molar refractivity (Wildman–Crippen MR) is 57.8 cm³/mol.